The fourth-order valence-electron chi connectivity index (χ4n) is 2.55. The molecule has 1 amide bonds. The fraction of sp³-hybridized carbons (Fsp3) is 0.200. The number of para-hydroxylation sites is 1. The van der Waals surface area contributed by atoms with Crippen molar-refractivity contribution in [1.82, 2.24) is 10.3 Å². The van der Waals surface area contributed by atoms with Crippen LogP contribution in [0.2, 0.25) is 0 Å². The number of carbonyl (C=O) groups excluding carboxylic acids is 1. The molecule has 0 fully saturated rings. The minimum Gasteiger partial charge on any atom is -0.496 e. The second-order valence-electron chi connectivity index (χ2n) is 5.66. The van der Waals surface area contributed by atoms with E-state index < -0.39 is 0 Å². The van der Waals surface area contributed by atoms with Crippen molar-refractivity contribution in [3.8, 4) is 5.75 Å². The number of methoxy groups -OCH3 is 1. The van der Waals surface area contributed by atoms with Crippen LogP contribution in [0.15, 0.2) is 60.0 Å². The molecule has 2 aromatic carbocycles. The van der Waals surface area contributed by atoms with Crippen molar-refractivity contribution >= 4 is 17.2 Å². The van der Waals surface area contributed by atoms with Crippen LogP contribution in [0.1, 0.15) is 21.8 Å². The van der Waals surface area contributed by atoms with Crippen LogP contribution in [-0.4, -0.2) is 18.0 Å². The third-order valence-corrected chi connectivity index (χ3v) is 4.71. The van der Waals surface area contributed by atoms with Gasteiger partial charge in [-0.2, -0.15) is 0 Å². The Morgan fingerprint density at radius 3 is 2.68 bits per heavy atom. The predicted molar refractivity (Wildman–Crippen MR) is 99.9 cm³/mol. The molecule has 3 rings (SSSR count). The van der Waals surface area contributed by atoms with Gasteiger partial charge in [0.05, 0.1) is 24.2 Å². The summed E-state index contributed by atoms with van der Waals surface area (Å²) in [6.45, 7) is 0.448. The first kappa shape index (κ1) is 17.2. The SMILES string of the molecule is COc1ccccc1CNC(=O)Cc1csc(Cc2ccccc2)n1. The molecule has 0 aliphatic carbocycles. The molecular weight excluding hydrogens is 332 g/mol. The molecule has 25 heavy (non-hydrogen) atoms. The minimum atomic E-state index is -0.0394. The molecule has 0 atom stereocenters. The third kappa shape index (κ3) is 4.90. The molecule has 0 spiro atoms. The number of carbonyl (C=O) groups is 1. The van der Waals surface area contributed by atoms with Gasteiger partial charge < -0.3 is 10.1 Å². The van der Waals surface area contributed by atoms with E-state index in [1.807, 2.05) is 47.8 Å². The van der Waals surface area contributed by atoms with Crippen molar-refractivity contribution < 1.29 is 9.53 Å². The van der Waals surface area contributed by atoms with Gasteiger partial charge in [0.15, 0.2) is 0 Å². The number of nitrogens with zero attached hydrogens (tertiary/aromatic N) is 1. The van der Waals surface area contributed by atoms with E-state index in [4.69, 9.17) is 4.74 Å². The highest BCUT2D eigenvalue weighted by atomic mass is 32.1. The van der Waals surface area contributed by atoms with Gasteiger partial charge in [-0.3, -0.25) is 4.79 Å². The summed E-state index contributed by atoms with van der Waals surface area (Å²) >= 11 is 1.60. The zero-order valence-corrected chi connectivity index (χ0v) is 14.9. The Morgan fingerprint density at radius 2 is 1.88 bits per heavy atom. The summed E-state index contributed by atoms with van der Waals surface area (Å²) in [5, 5.41) is 5.91. The van der Waals surface area contributed by atoms with Crippen LogP contribution in [-0.2, 0) is 24.2 Å². The largest absolute Gasteiger partial charge is 0.496 e. The van der Waals surface area contributed by atoms with Crippen LogP contribution in [0, 0.1) is 0 Å². The van der Waals surface area contributed by atoms with E-state index in [1.165, 1.54) is 5.56 Å². The normalized spacial score (nSPS) is 10.4. The highest BCUT2D eigenvalue weighted by Crippen LogP contribution is 2.17. The Kier molecular flexibility index (Phi) is 5.80. The zero-order chi connectivity index (χ0) is 17.5. The third-order valence-electron chi connectivity index (χ3n) is 3.81. The summed E-state index contributed by atoms with van der Waals surface area (Å²) in [5.74, 6) is 0.740. The lowest BCUT2D eigenvalue weighted by atomic mass is 10.2. The van der Waals surface area contributed by atoms with E-state index in [2.05, 4.69) is 22.4 Å². The lowest BCUT2D eigenvalue weighted by Crippen LogP contribution is -2.24. The number of ether oxygens (including phenoxy) is 1. The van der Waals surface area contributed by atoms with Gasteiger partial charge in [-0.1, -0.05) is 48.5 Å². The van der Waals surface area contributed by atoms with Gasteiger partial charge in [-0.05, 0) is 11.6 Å². The Bertz CT molecular complexity index is 830. The van der Waals surface area contributed by atoms with Gasteiger partial charge in [-0.25, -0.2) is 4.98 Å². The summed E-state index contributed by atoms with van der Waals surface area (Å²) in [6, 6.07) is 17.9. The van der Waals surface area contributed by atoms with Crippen LogP contribution < -0.4 is 10.1 Å². The first-order valence-electron chi connectivity index (χ1n) is 8.10. The van der Waals surface area contributed by atoms with Crippen molar-refractivity contribution in [3.63, 3.8) is 0 Å². The molecule has 0 aliphatic rings. The number of thiazole rings is 1. The molecule has 0 bridgehead atoms. The molecule has 3 aromatic rings. The van der Waals surface area contributed by atoms with E-state index in [1.54, 1.807) is 18.4 Å². The smallest absolute Gasteiger partial charge is 0.226 e. The molecule has 1 aromatic heterocycles. The Morgan fingerprint density at radius 1 is 1.12 bits per heavy atom. The average molecular weight is 352 g/mol. The monoisotopic (exact) mass is 352 g/mol. The van der Waals surface area contributed by atoms with Crippen LogP contribution >= 0.6 is 11.3 Å². The van der Waals surface area contributed by atoms with Crippen molar-refractivity contribution in [1.29, 1.82) is 0 Å². The fourth-order valence-corrected chi connectivity index (χ4v) is 3.38. The van der Waals surface area contributed by atoms with Crippen molar-refractivity contribution in [2.75, 3.05) is 7.11 Å². The summed E-state index contributed by atoms with van der Waals surface area (Å²) in [5.41, 5.74) is 3.00. The minimum absolute atomic E-state index is 0.0394. The summed E-state index contributed by atoms with van der Waals surface area (Å²) in [7, 11) is 1.63. The lowest BCUT2D eigenvalue weighted by Gasteiger charge is -2.09. The van der Waals surface area contributed by atoms with E-state index in [-0.39, 0.29) is 5.91 Å². The van der Waals surface area contributed by atoms with Crippen LogP contribution in [0.5, 0.6) is 5.75 Å². The number of aromatic nitrogens is 1. The second kappa shape index (κ2) is 8.44. The topological polar surface area (TPSA) is 51.2 Å². The number of nitrogens with one attached hydrogen (secondary N) is 1. The molecular formula is C20H20N2O2S. The van der Waals surface area contributed by atoms with E-state index >= 15 is 0 Å². The highest BCUT2D eigenvalue weighted by molar-refractivity contribution is 7.09. The number of rotatable bonds is 7. The number of hydrogen-bond acceptors (Lipinski definition) is 4. The molecule has 1 N–H and O–H groups in total. The molecule has 0 saturated carbocycles. The van der Waals surface area contributed by atoms with Gasteiger partial charge in [-0.15, -0.1) is 11.3 Å². The van der Waals surface area contributed by atoms with Gasteiger partial charge in [0, 0.05) is 23.9 Å². The maximum absolute atomic E-state index is 12.2. The zero-order valence-electron chi connectivity index (χ0n) is 14.1. The van der Waals surface area contributed by atoms with Crippen LogP contribution in [0.3, 0.4) is 0 Å². The summed E-state index contributed by atoms with van der Waals surface area (Å²) in [6.07, 6.45) is 1.09. The Balaban J connectivity index is 1.53. The molecule has 5 heteroatoms. The van der Waals surface area contributed by atoms with E-state index in [9.17, 15) is 4.79 Å². The summed E-state index contributed by atoms with van der Waals surface area (Å²) in [4.78, 5) is 16.7. The average Bonchev–Trinajstić information content (AvgIpc) is 3.07. The van der Waals surface area contributed by atoms with Gasteiger partial charge in [0.2, 0.25) is 5.91 Å². The van der Waals surface area contributed by atoms with Crippen molar-refractivity contribution in [3.05, 3.63) is 81.8 Å². The van der Waals surface area contributed by atoms with Crippen molar-refractivity contribution in [2.45, 2.75) is 19.4 Å². The quantitative estimate of drug-likeness (QED) is 0.707. The van der Waals surface area contributed by atoms with E-state index in [0.717, 1.165) is 28.4 Å². The van der Waals surface area contributed by atoms with Gasteiger partial charge in [0.1, 0.15) is 5.75 Å². The summed E-state index contributed by atoms with van der Waals surface area (Å²) < 4.78 is 5.29. The highest BCUT2D eigenvalue weighted by Gasteiger charge is 2.09. The lowest BCUT2D eigenvalue weighted by molar-refractivity contribution is -0.120. The van der Waals surface area contributed by atoms with Gasteiger partial charge >= 0.3 is 0 Å². The maximum Gasteiger partial charge on any atom is 0.226 e. The van der Waals surface area contributed by atoms with Gasteiger partial charge in [0.25, 0.3) is 0 Å². The maximum atomic E-state index is 12.2. The molecule has 0 aliphatic heterocycles. The van der Waals surface area contributed by atoms with Crippen molar-refractivity contribution in [2.24, 2.45) is 0 Å². The number of benzene rings is 2. The molecule has 128 valence electrons. The van der Waals surface area contributed by atoms with Crippen LogP contribution in [0.25, 0.3) is 0 Å². The molecule has 1 heterocycles. The molecule has 0 saturated heterocycles. The first-order valence-corrected chi connectivity index (χ1v) is 8.98. The molecule has 0 unspecified atom stereocenters. The Labute approximate surface area is 151 Å². The van der Waals surface area contributed by atoms with E-state index in [0.29, 0.717) is 13.0 Å². The molecule has 4 nitrogen and oxygen atoms in total. The number of hydrogen-bond donors (Lipinski definition) is 1. The number of amides is 1. The predicted octanol–water partition coefficient (Wildman–Crippen LogP) is 3.60. The second-order valence-corrected chi connectivity index (χ2v) is 6.60. The standard InChI is InChI=1S/C20H20N2O2S/c1-24-18-10-6-5-9-16(18)13-21-19(23)12-17-14-25-20(22-17)11-15-7-3-2-4-8-15/h2-10,14H,11-13H2,1H3,(H,21,23). The first-order chi connectivity index (χ1) is 12.2. The van der Waals surface area contributed by atoms with Crippen LogP contribution in [0.4, 0.5) is 0 Å². The molecule has 0 radical (unpaired) electrons. The Hall–Kier alpha value is -2.66.